The number of carbonyl (C=O) groups is 2. The quantitative estimate of drug-likeness (QED) is 0.634. The Balaban J connectivity index is 3.23. The molecule has 0 saturated carbocycles. The number of primary amides is 1. The topological polar surface area (TPSA) is 107 Å². The van der Waals surface area contributed by atoms with Crippen LogP contribution in [0.1, 0.15) is 10.4 Å². The fraction of sp³-hybridized carbons (Fsp3) is 0.200. The Labute approximate surface area is 105 Å². The Morgan fingerprint density at radius 3 is 2.47 bits per heavy atom. The number of amides is 2. The summed E-state index contributed by atoms with van der Waals surface area (Å²) < 4.78 is 26.8. The van der Waals surface area contributed by atoms with Gasteiger partial charge in [-0.05, 0) is 6.07 Å². The molecule has 0 atom stereocenters. The first-order valence-corrected chi connectivity index (χ1v) is 4.91. The number of halogens is 2. The summed E-state index contributed by atoms with van der Waals surface area (Å²) in [7, 11) is 1.13. The highest BCUT2D eigenvalue weighted by atomic mass is 19.1. The normalized spacial score (nSPS) is 10.1. The average molecular weight is 273 g/mol. The minimum absolute atomic E-state index is 0.361. The maximum Gasteiger partial charge on any atom is 0.308 e. The number of nitrogens with zero attached hydrogens (tertiary/aromatic N) is 2. The smallest absolute Gasteiger partial charge is 0.308 e. The third-order valence-corrected chi connectivity index (χ3v) is 2.18. The lowest BCUT2D eigenvalue weighted by molar-refractivity contribution is -0.387. The first-order valence-electron chi connectivity index (χ1n) is 4.91. The van der Waals surface area contributed by atoms with Crippen LogP contribution in [0, 0.1) is 21.7 Å². The highest BCUT2D eigenvalue weighted by Gasteiger charge is 2.26. The molecule has 0 heterocycles. The molecule has 7 nitrogen and oxygen atoms in total. The van der Waals surface area contributed by atoms with Gasteiger partial charge in [-0.1, -0.05) is 0 Å². The SMILES string of the molecule is CN(CC(N)=O)C(=O)c1cc(F)cc([N+](=O)[O-])c1F. The van der Waals surface area contributed by atoms with Crippen molar-refractivity contribution in [1.29, 1.82) is 0 Å². The van der Waals surface area contributed by atoms with Crippen LogP contribution >= 0.6 is 0 Å². The Hall–Kier alpha value is -2.58. The predicted molar refractivity (Wildman–Crippen MR) is 59.2 cm³/mol. The molecule has 0 fully saturated rings. The standard InChI is InChI=1S/C10H9F2N3O4/c1-14(4-8(13)16)10(17)6-2-5(11)3-7(9(6)12)15(18)19/h2-3H,4H2,1H3,(H2,13,16). The van der Waals surface area contributed by atoms with Crippen molar-refractivity contribution in [3.8, 4) is 0 Å². The zero-order valence-electron chi connectivity index (χ0n) is 9.72. The number of hydrogen-bond donors (Lipinski definition) is 1. The Bertz CT molecular complexity index is 562. The van der Waals surface area contributed by atoms with E-state index in [1.54, 1.807) is 0 Å². The molecule has 0 aliphatic heterocycles. The molecule has 0 bridgehead atoms. The van der Waals surface area contributed by atoms with E-state index in [9.17, 15) is 28.5 Å². The van der Waals surface area contributed by atoms with Gasteiger partial charge in [-0.15, -0.1) is 0 Å². The summed E-state index contributed by atoms with van der Waals surface area (Å²) in [4.78, 5) is 32.4. The molecular weight excluding hydrogens is 264 g/mol. The second kappa shape index (κ2) is 5.38. The molecular formula is C10H9F2N3O4. The molecule has 1 aromatic carbocycles. The molecule has 0 unspecified atom stereocenters. The summed E-state index contributed by atoms with van der Waals surface area (Å²) >= 11 is 0. The highest BCUT2D eigenvalue weighted by Crippen LogP contribution is 2.23. The monoisotopic (exact) mass is 273 g/mol. The third kappa shape index (κ3) is 3.21. The van der Waals surface area contributed by atoms with Gasteiger partial charge in [0.2, 0.25) is 11.7 Å². The average Bonchev–Trinajstić information content (AvgIpc) is 2.29. The van der Waals surface area contributed by atoms with Crippen LogP contribution < -0.4 is 5.73 Å². The van der Waals surface area contributed by atoms with E-state index in [0.29, 0.717) is 12.1 Å². The van der Waals surface area contributed by atoms with Gasteiger partial charge in [0.25, 0.3) is 5.91 Å². The van der Waals surface area contributed by atoms with Crippen molar-refractivity contribution < 1.29 is 23.3 Å². The van der Waals surface area contributed by atoms with Crippen LogP contribution in [-0.2, 0) is 4.79 Å². The number of hydrogen-bond acceptors (Lipinski definition) is 4. The third-order valence-electron chi connectivity index (χ3n) is 2.18. The Morgan fingerprint density at radius 2 is 2.00 bits per heavy atom. The predicted octanol–water partition coefficient (Wildman–Crippen LogP) is 0.430. The molecule has 0 spiro atoms. The van der Waals surface area contributed by atoms with Gasteiger partial charge in [0, 0.05) is 7.05 Å². The number of carbonyl (C=O) groups excluding carboxylic acids is 2. The van der Waals surface area contributed by atoms with E-state index in [1.807, 2.05) is 0 Å². The fourth-order valence-corrected chi connectivity index (χ4v) is 1.37. The van der Waals surface area contributed by atoms with E-state index in [1.165, 1.54) is 0 Å². The van der Waals surface area contributed by atoms with E-state index >= 15 is 0 Å². The fourth-order valence-electron chi connectivity index (χ4n) is 1.37. The van der Waals surface area contributed by atoms with Gasteiger partial charge < -0.3 is 10.6 Å². The van der Waals surface area contributed by atoms with Gasteiger partial charge in [-0.2, -0.15) is 4.39 Å². The van der Waals surface area contributed by atoms with Crippen LogP contribution in [0.3, 0.4) is 0 Å². The lowest BCUT2D eigenvalue weighted by atomic mass is 10.1. The van der Waals surface area contributed by atoms with Crippen molar-refractivity contribution in [2.45, 2.75) is 0 Å². The molecule has 0 radical (unpaired) electrons. The summed E-state index contributed by atoms with van der Waals surface area (Å²) in [5, 5.41) is 10.5. The molecule has 0 saturated heterocycles. The second-order valence-corrected chi connectivity index (χ2v) is 3.67. The lowest BCUT2D eigenvalue weighted by Crippen LogP contribution is -2.35. The van der Waals surface area contributed by atoms with Crippen molar-refractivity contribution in [3.05, 3.63) is 39.4 Å². The summed E-state index contributed by atoms with van der Waals surface area (Å²) in [5.41, 5.74) is 2.85. The van der Waals surface area contributed by atoms with E-state index in [2.05, 4.69) is 0 Å². The number of benzene rings is 1. The van der Waals surface area contributed by atoms with Gasteiger partial charge in [0.05, 0.1) is 23.1 Å². The molecule has 0 aromatic heterocycles. The van der Waals surface area contributed by atoms with E-state index in [-0.39, 0.29) is 0 Å². The Morgan fingerprint density at radius 1 is 1.42 bits per heavy atom. The summed E-state index contributed by atoms with van der Waals surface area (Å²) in [6.45, 7) is -0.525. The summed E-state index contributed by atoms with van der Waals surface area (Å²) in [6, 6.07) is 0.877. The van der Waals surface area contributed by atoms with Gasteiger partial charge in [-0.3, -0.25) is 19.7 Å². The zero-order valence-corrected chi connectivity index (χ0v) is 9.72. The molecule has 2 amide bonds. The molecule has 1 aromatic rings. The largest absolute Gasteiger partial charge is 0.368 e. The van der Waals surface area contributed by atoms with Gasteiger partial charge >= 0.3 is 5.69 Å². The van der Waals surface area contributed by atoms with Crippen LogP contribution in [0.15, 0.2) is 12.1 Å². The van der Waals surface area contributed by atoms with Crippen molar-refractivity contribution >= 4 is 17.5 Å². The minimum Gasteiger partial charge on any atom is -0.368 e. The first-order chi connectivity index (χ1) is 8.73. The van der Waals surface area contributed by atoms with E-state index in [0.717, 1.165) is 11.9 Å². The van der Waals surface area contributed by atoms with Crippen molar-refractivity contribution in [2.75, 3.05) is 13.6 Å². The summed E-state index contributed by atoms with van der Waals surface area (Å²) in [6.07, 6.45) is 0. The van der Waals surface area contributed by atoms with E-state index < -0.39 is 46.2 Å². The number of rotatable bonds is 4. The number of nitro groups is 1. The number of nitro benzene ring substituents is 1. The van der Waals surface area contributed by atoms with Crippen LogP contribution in [0.4, 0.5) is 14.5 Å². The van der Waals surface area contributed by atoms with Crippen LogP contribution in [0.2, 0.25) is 0 Å². The van der Waals surface area contributed by atoms with Crippen LogP contribution in [0.5, 0.6) is 0 Å². The van der Waals surface area contributed by atoms with Gasteiger partial charge in [0.1, 0.15) is 5.82 Å². The number of nitrogens with two attached hydrogens (primary N) is 1. The number of likely N-dealkylation sites (N-methyl/N-ethyl adjacent to an activating group) is 1. The second-order valence-electron chi connectivity index (χ2n) is 3.67. The molecule has 1 rings (SSSR count). The lowest BCUT2D eigenvalue weighted by Gasteiger charge is -2.15. The molecule has 102 valence electrons. The molecule has 9 heteroatoms. The van der Waals surface area contributed by atoms with E-state index in [4.69, 9.17) is 5.73 Å². The van der Waals surface area contributed by atoms with Crippen molar-refractivity contribution in [1.82, 2.24) is 4.90 Å². The molecule has 2 N–H and O–H groups in total. The first kappa shape index (κ1) is 14.5. The molecule has 19 heavy (non-hydrogen) atoms. The molecule has 0 aliphatic carbocycles. The maximum atomic E-state index is 13.7. The highest BCUT2D eigenvalue weighted by molar-refractivity contribution is 5.97. The van der Waals surface area contributed by atoms with Crippen molar-refractivity contribution in [2.24, 2.45) is 5.73 Å². The zero-order chi connectivity index (χ0) is 14.7. The van der Waals surface area contributed by atoms with Gasteiger partial charge in [0.15, 0.2) is 0 Å². The molecule has 0 aliphatic rings. The van der Waals surface area contributed by atoms with Crippen LogP contribution in [0.25, 0.3) is 0 Å². The summed E-state index contributed by atoms with van der Waals surface area (Å²) in [5.74, 6) is -4.54. The van der Waals surface area contributed by atoms with Crippen molar-refractivity contribution in [3.63, 3.8) is 0 Å². The minimum atomic E-state index is -1.47. The van der Waals surface area contributed by atoms with Crippen LogP contribution in [-0.4, -0.2) is 35.2 Å². The maximum absolute atomic E-state index is 13.7. The Kier molecular flexibility index (Phi) is 4.10. The van der Waals surface area contributed by atoms with Gasteiger partial charge in [-0.25, -0.2) is 4.39 Å².